The van der Waals surface area contributed by atoms with Crippen molar-refractivity contribution in [3.8, 4) is 0 Å². The fourth-order valence-corrected chi connectivity index (χ4v) is 3.12. The van der Waals surface area contributed by atoms with Crippen LogP contribution in [-0.4, -0.2) is 53.7 Å². The zero-order valence-electron chi connectivity index (χ0n) is 18.1. The molecular weight excluding hydrogens is 425 g/mol. The number of amides is 2. The predicted molar refractivity (Wildman–Crippen MR) is 114 cm³/mol. The Balaban J connectivity index is 1.54. The molecule has 172 valence electrons. The molecule has 10 heteroatoms. The van der Waals surface area contributed by atoms with Crippen molar-refractivity contribution in [2.24, 2.45) is 0 Å². The van der Waals surface area contributed by atoms with Gasteiger partial charge in [0.05, 0.1) is 17.4 Å². The first-order chi connectivity index (χ1) is 14.9. The number of alkyl halides is 3. The number of nitrogens with zero attached hydrogens (tertiary/aromatic N) is 3. The second-order valence-corrected chi connectivity index (χ2v) is 8.39. The summed E-state index contributed by atoms with van der Waals surface area (Å²) in [5.74, 6) is -0.268. The number of halogens is 3. The molecule has 1 saturated heterocycles. The van der Waals surface area contributed by atoms with Crippen LogP contribution < -0.4 is 10.2 Å². The highest BCUT2D eigenvalue weighted by molar-refractivity contribution is 6.03. The molecule has 1 aliphatic heterocycles. The Labute approximate surface area is 184 Å². The molecule has 0 bridgehead atoms. The molecule has 0 unspecified atom stereocenters. The molecule has 3 rings (SSSR count). The van der Waals surface area contributed by atoms with E-state index in [0.717, 1.165) is 30.0 Å². The zero-order valence-corrected chi connectivity index (χ0v) is 18.1. The summed E-state index contributed by atoms with van der Waals surface area (Å²) in [4.78, 5) is 32.4. The molecule has 2 heterocycles. The van der Waals surface area contributed by atoms with Gasteiger partial charge in [0.1, 0.15) is 11.4 Å². The molecular formula is C22H25F3N4O3. The summed E-state index contributed by atoms with van der Waals surface area (Å²) in [6, 6.07) is 7.38. The summed E-state index contributed by atoms with van der Waals surface area (Å²) >= 11 is 0. The Morgan fingerprint density at radius 3 is 2.09 bits per heavy atom. The molecule has 7 nitrogen and oxygen atoms in total. The van der Waals surface area contributed by atoms with Crippen LogP contribution in [-0.2, 0) is 10.9 Å². The summed E-state index contributed by atoms with van der Waals surface area (Å²) in [6.07, 6.45) is -3.19. The van der Waals surface area contributed by atoms with Crippen molar-refractivity contribution in [2.75, 3.05) is 36.4 Å². The number of anilines is 2. The van der Waals surface area contributed by atoms with Gasteiger partial charge in [-0.05, 0) is 57.2 Å². The molecule has 0 atom stereocenters. The number of hydrogen-bond donors (Lipinski definition) is 1. The predicted octanol–water partition coefficient (Wildman–Crippen LogP) is 4.41. The van der Waals surface area contributed by atoms with E-state index in [1.54, 1.807) is 23.2 Å². The van der Waals surface area contributed by atoms with E-state index in [9.17, 15) is 22.8 Å². The zero-order chi connectivity index (χ0) is 23.5. The van der Waals surface area contributed by atoms with Crippen molar-refractivity contribution in [1.29, 1.82) is 0 Å². The lowest BCUT2D eigenvalue weighted by molar-refractivity contribution is -0.137. The Kier molecular flexibility index (Phi) is 6.61. The summed E-state index contributed by atoms with van der Waals surface area (Å²) in [5, 5.41) is 2.57. The van der Waals surface area contributed by atoms with Gasteiger partial charge in [0.15, 0.2) is 0 Å². The van der Waals surface area contributed by atoms with Crippen LogP contribution >= 0.6 is 0 Å². The van der Waals surface area contributed by atoms with E-state index in [1.807, 2.05) is 20.8 Å². The van der Waals surface area contributed by atoms with Gasteiger partial charge < -0.3 is 19.9 Å². The van der Waals surface area contributed by atoms with Crippen LogP contribution in [0.1, 0.15) is 36.7 Å². The van der Waals surface area contributed by atoms with Gasteiger partial charge >= 0.3 is 12.3 Å². The number of aromatic nitrogens is 1. The van der Waals surface area contributed by atoms with Crippen LogP contribution in [0.15, 0.2) is 42.6 Å². The minimum Gasteiger partial charge on any atom is -0.444 e. The number of nitrogens with one attached hydrogen (secondary N) is 1. The molecule has 1 N–H and O–H groups in total. The Morgan fingerprint density at radius 1 is 0.969 bits per heavy atom. The average molecular weight is 450 g/mol. The van der Waals surface area contributed by atoms with Crippen molar-refractivity contribution in [3.05, 3.63) is 53.7 Å². The number of benzene rings is 1. The van der Waals surface area contributed by atoms with E-state index in [2.05, 4.69) is 15.2 Å². The van der Waals surface area contributed by atoms with Gasteiger partial charge in [0.25, 0.3) is 5.91 Å². The summed E-state index contributed by atoms with van der Waals surface area (Å²) in [6.45, 7) is 7.72. The SMILES string of the molecule is CC(C)(C)OC(=O)N1CCN(c2ccc(NC(=O)c3ccc(C(F)(F)F)cc3)nc2)CC1. The number of carbonyl (C=O) groups excluding carboxylic acids is 2. The average Bonchev–Trinajstić information content (AvgIpc) is 2.73. The van der Waals surface area contributed by atoms with Gasteiger partial charge in [-0.2, -0.15) is 13.2 Å². The second-order valence-electron chi connectivity index (χ2n) is 8.39. The standard InChI is InChI=1S/C22H25F3N4O3/c1-21(2,3)32-20(31)29-12-10-28(11-13-29)17-8-9-18(26-14-17)27-19(30)15-4-6-16(7-5-15)22(23,24)25/h4-9,14H,10-13H2,1-3H3,(H,26,27,30). The maximum absolute atomic E-state index is 12.6. The number of hydrogen-bond acceptors (Lipinski definition) is 5. The summed E-state index contributed by atoms with van der Waals surface area (Å²) in [5.41, 5.74) is -0.425. The normalized spacial score (nSPS) is 14.8. The summed E-state index contributed by atoms with van der Waals surface area (Å²) in [7, 11) is 0. The number of carbonyl (C=O) groups is 2. The lowest BCUT2D eigenvalue weighted by Crippen LogP contribution is -2.50. The molecule has 1 fully saturated rings. The highest BCUT2D eigenvalue weighted by Crippen LogP contribution is 2.29. The first-order valence-electron chi connectivity index (χ1n) is 10.1. The largest absolute Gasteiger partial charge is 0.444 e. The van der Waals surface area contributed by atoms with E-state index in [0.29, 0.717) is 26.2 Å². The van der Waals surface area contributed by atoms with Crippen LogP contribution in [0.25, 0.3) is 0 Å². The van der Waals surface area contributed by atoms with Crippen molar-refractivity contribution < 1.29 is 27.5 Å². The molecule has 2 amide bonds. The molecule has 2 aromatic rings. The van der Waals surface area contributed by atoms with Gasteiger partial charge in [-0.3, -0.25) is 4.79 Å². The second kappa shape index (κ2) is 9.05. The molecule has 32 heavy (non-hydrogen) atoms. The van der Waals surface area contributed by atoms with Crippen molar-refractivity contribution in [1.82, 2.24) is 9.88 Å². The highest BCUT2D eigenvalue weighted by Gasteiger charge is 2.30. The molecule has 1 aliphatic rings. The fraction of sp³-hybridized carbons (Fsp3) is 0.409. The van der Waals surface area contributed by atoms with E-state index in [-0.39, 0.29) is 17.5 Å². The first-order valence-corrected chi connectivity index (χ1v) is 10.1. The maximum Gasteiger partial charge on any atom is 0.416 e. The smallest absolute Gasteiger partial charge is 0.416 e. The van der Waals surface area contributed by atoms with Crippen LogP contribution in [0.5, 0.6) is 0 Å². The van der Waals surface area contributed by atoms with Gasteiger partial charge in [-0.15, -0.1) is 0 Å². The van der Waals surface area contributed by atoms with Crippen LogP contribution in [0.4, 0.5) is 29.5 Å². The molecule has 0 saturated carbocycles. The monoisotopic (exact) mass is 450 g/mol. The van der Waals surface area contributed by atoms with Crippen LogP contribution in [0, 0.1) is 0 Å². The maximum atomic E-state index is 12.6. The minimum atomic E-state index is -4.45. The quantitative estimate of drug-likeness (QED) is 0.750. The fourth-order valence-electron chi connectivity index (χ4n) is 3.12. The number of rotatable bonds is 3. The molecule has 1 aromatic carbocycles. The molecule has 0 spiro atoms. The first kappa shape index (κ1) is 23.4. The van der Waals surface area contributed by atoms with Gasteiger partial charge in [-0.25, -0.2) is 9.78 Å². The molecule has 1 aromatic heterocycles. The number of pyridine rings is 1. The molecule has 0 aliphatic carbocycles. The lowest BCUT2D eigenvalue weighted by Gasteiger charge is -2.36. The van der Waals surface area contributed by atoms with Gasteiger partial charge in [0, 0.05) is 31.7 Å². The third-order valence-corrected chi connectivity index (χ3v) is 4.76. The van der Waals surface area contributed by atoms with Crippen LogP contribution in [0.2, 0.25) is 0 Å². The highest BCUT2D eigenvalue weighted by atomic mass is 19.4. The van der Waals surface area contributed by atoms with E-state index in [1.165, 1.54) is 0 Å². The van der Waals surface area contributed by atoms with Gasteiger partial charge in [-0.1, -0.05) is 0 Å². The Bertz CT molecular complexity index is 946. The van der Waals surface area contributed by atoms with Crippen molar-refractivity contribution >= 4 is 23.5 Å². The summed E-state index contributed by atoms with van der Waals surface area (Å²) < 4.78 is 43.3. The van der Waals surface area contributed by atoms with Crippen molar-refractivity contribution in [3.63, 3.8) is 0 Å². The van der Waals surface area contributed by atoms with E-state index >= 15 is 0 Å². The Hall–Kier alpha value is -3.30. The number of ether oxygens (including phenoxy) is 1. The minimum absolute atomic E-state index is 0.0992. The van der Waals surface area contributed by atoms with E-state index < -0.39 is 23.2 Å². The van der Waals surface area contributed by atoms with Gasteiger partial charge in [0.2, 0.25) is 0 Å². The lowest BCUT2D eigenvalue weighted by atomic mass is 10.1. The third kappa shape index (κ3) is 6.12. The third-order valence-electron chi connectivity index (χ3n) is 4.76. The number of piperazine rings is 1. The van der Waals surface area contributed by atoms with E-state index in [4.69, 9.17) is 4.74 Å². The van der Waals surface area contributed by atoms with Crippen LogP contribution in [0.3, 0.4) is 0 Å². The van der Waals surface area contributed by atoms with Crippen molar-refractivity contribution in [2.45, 2.75) is 32.5 Å². The molecule has 0 radical (unpaired) electrons. The Morgan fingerprint density at radius 2 is 1.59 bits per heavy atom. The topological polar surface area (TPSA) is 74.8 Å².